The zero-order chi connectivity index (χ0) is 44.1. The third-order valence-electron chi connectivity index (χ3n) is 14.5. The lowest BCUT2D eigenvalue weighted by atomic mass is 9.70. The third-order valence-corrected chi connectivity index (χ3v) is 15.7. The van der Waals surface area contributed by atoms with Crippen LogP contribution in [0.25, 0.3) is 86.6 Å². The van der Waals surface area contributed by atoms with Crippen LogP contribution in [-0.4, -0.2) is 0 Å². The number of benzene rings is 11. The molecule has 0 bridgehead atoms. The van der Waals surface area contributed by atoms with Crippen molar-refractivity contribution in [2.45, 2.75) is 5.41 Å². The van der Waals surface area contributed by atoms with Crippen LogP contribution in [0.1, 0.15) is 22.3 Å². The van der Waals surface area contributed by atoms with Crippen molar-refractivity contribution in [2.75, 3.05) is 4.90 Å². The van der Waals surface area contributed by atoms with Crippen molar-refractivity contribution in [1.29, 1.82) is 0 Å². The Labute approximate surface area is 394 Å². The van der Waals surface area contributed by atoms with E-state index in [0.717, 1.165) is 17.1 Å². The second-order valence-electron chi connectivity index (χ2n) is 17.9. The fraction of sp³-hybridized carbons (Fsp3) is 0.0154. The van der Waals surface area contributed by atoms with Crippen LogP contribution in [0.4, 0.5) is 17.1 Å². The standard InChI is InChI=1S/C65H41NS/c1-2-14-42(15-3-1)46-32-38-55-53-19-6-9-25-59(53)65(61(55)40-46)60-26-10-7-20-54(60)56-39-37-49(41-62(56)65)66(47-33-28-44(29-34-47)51-22-12-17-43-16-4-5-18-50(43)51)48-35-30-45(31-36-48)52-23-13-24-58-57-21-8-11-27-63(57)67-64(52)58/h1-41H. The Hall–Kier alpha value is -8.30. The van der Waals surface area contributed by atoms with Crippen molar-refractivity contribution < 1.29 is 0 Å². The zero-order valence-electron chi connectivity index (χ0n) is 36.5. The maximum Gasteiger partial charge on any atom is 0.0726 e. The monoisotopic (exact) mass is 867 g/mol. The summed E-state index contributed by atoms with van der Waals surface area (Å²) in [6.45, 7) is 0. The van der Waals surface area contributed by atoms with Gasteiger partial charge in [-0.05, 0) is 137 Å². The predicted molar refractivity (Wildman–Crippen MR) is 284 cm³/mol. The minimum Gasteiger partial charge on any atom is -0.310 e. The molecule has 2 heteroatoms. The maximum atomic E-state index is 2.50. The van der Waals surface area contributed by atoms with Gasteiger partial charge in [-0.3, -0.25) is 0 Å². The molecule has 14 rings (SSSR count). The lowest BCUT2D eigenvalue weighted by Crippen LogP contribution is -2.26. The first-order valence-corrected chi connectivity index (χ1v) is 24.0. The number of thiophene rings is 1. The number of nitrogens with zero attached hydrogens (tertiary/aromatic N) is 1. The molecule has 0 N–H and O–H groups in total. The largest absolute Gasteiger partial charge is 0.310 e. The SMILES string of the molecule is c1ccc(-c2ccc3c(c2)C2(c4ccccc4-3)c3ccccc3-c3ccc(N(c4ccc(-c5cccc6ccccc56)cc4)c4ccc(-c5cccc6c5sc5ccccc56)cc4)cc32)cc1. The first-order valence-electron chi connectivity index (χ1n) is 23.2. The highest BCUT2D eigenvalue weighted by atomic mass is 32.1. The van der Waals surface area contributed by atoms with Gasteiger partial charge in [-0.25, -0.2) is 0 Å². The molecule has 67 heavy (non-hydrogen) atoms. The van der Waals surface area contributed by atoms with Gasteiger partial charge in [0.2, 0.25) is 0 Å². The molecule has 1 nitrogen and oxygen atoms in total. The van der Waals surface area contributed by atoms with Gasteiger partial charge in [-0.2, -0.15) is 0 Å². The molecule has 2 aliphatic rings. The molecular weight excluding hydrogens is 827 g/mol. The number of fused-ring (bicyclic) bond motifs is 14. The molecule has 1 aromatic heterocycles. The Morgan fingerprint density at radius 1 is 0.284 bits per heavy atom. The molecule has 1 atom stereocenters. The van der Waals surface area contributed by atoms with E-state index in [0.29, 0.717) is 0 Å². The van der Waals surface area contributed by atoms with Gasteiger partial charge in [0, 0.05) is 37.2 Å². The van der Waals surface area contributed by atoms with Crippen molar-refractivity contribution in [2.24, 2.45) is 0 Å². The normalized spacial score (nSPS) is 14.3. The van der Waals surface area contributed by atoms with Crippen LogP contribution in [0, 0.1) is 0 Å². The van der Waals surface area contributed by atoms with Crippen LogP contribution in [-0.2, 0) is 5.41 Å². The quantitative estimate of drug-likeness (QED) is 0.161. The van der Waals surface area contributed by atoms with Crippen LogP contribution in [0.15, 0.2) is 249 Å². The van der Waals surface area contributed by atoms with Gasteiger partial charge < -0.3 is 4.90 Å². The van der Waals surface area contributed by atoms with Gasteiger partial charge in [0.15, 0.2) is 0 Å². The topological polar surface area (TPSA) is 3.24 Å². The summed E-state index contributed by atoms with van der Waals surface area (Å²) >= 11 is 1.88. The molecule has 312 valence electrons. The molecule has 0 saturated carbocycles. The molecular formula is C65H41NS. The Morgan fingerprint density at radius 2 is 0.776 bits per heavy atom. The smallest absolute Gasteiger partial charge is 0.0726 e. The number of anilines is 3. The fourth-order valence-electron chi connectivity index (χ4n) is 11.6. The Kier molecular flexibility index (Phi) is 8.44. The Morgan fingerprint density at radius 3 is 1.52 bits per heavy atom. The van der Waals surface area contributed by atoms with E-state index in [1.165, 1.54) is 109 Å². The molecule has 0 amide bonds. The molecule has 1 heterocycles. The van der Waals surface area contributed by atoms with E-state index in [-0.39, 0.29) is 0 Å². The minimum atomic E-state index is -0.505. The van der Waals surface area contributed by atoms with Gasteiger partial charge >= 0.3 is 0 Å². The summed E-state index contributed by atoms with van der Waals surface area (Å²) in [6.07, 6.45) is 0. The minimum absolute atomic E-state index is 0.505. The van der Waals surface area contributed by atoms with Gasteiger partial charge in [-0.1, -0.05) is 200 Å². The van der Waals surface area contributed by atoms with Crippen molar-refractivity contribution in [1.82, 2.24) is 0 Å². The summed E-state index contributed by atoms with van der Waals surface area (Å²) in [6, 6.07) is 92.6. The summed E-state index contributed by atoms with van der Waals surface area (Å²) in [5.74, 6) is 0. The van der Waals surface area contributed by atoms with Crippen LogP contribution in [0.5, 0.6) is 0 Å². The van der Waals surface area contributed by atoms with Crippen molar-refractivity contribution >= 4 is 59.3 Å². The molecule has 0 radical (unpaired) electrons. The number of rotatable bonds is 6. The number of hydrogen-bond donors (Lipinski definition) is 0. The van der Waals surface area contributed by atoms with E-state index in [1.54, 1.807) is 0 Å². The zero-order valence-corrected chi connectivity index (χ0v) is 37.3. The summed E-state index contributed by atoms with van der Waals surface area (Å²) in [5.41, 5.74) is 20.7. The second-order valence-corrected chi connectivity index (χ2v) is 19.0. The maximum absolute atomic E-state index is 2.50. The third kappa shape index (κ3) is 5.67. The van der Waals surface area contributed by atoms with Gasteiger partial charge in [-0.15, -0.1) is 11.3 Å². The van der Waals surface area contributed by atoms with E-state index < -0.39 is 5.41 Å². The van der Waals surface area contributed by atoms with E-state index in [1.807, 2.05) is 11.3 Å². The summed E-state index contributed by atoms with van der Waals surface area (Å²) in [7, 11) is 0. The summed E-state index contributed by atoms with van der Waals surface area (Å²) in [4.78, 5) is 2.45. The lowest BCUT2D eigenvalue weighted by Gasteiger charge is -2.32. The highest BCUT2D eigenvalue weighted by Gasteiger charge is 2.52. The van der Waals surface area contributed by atoms with Crippen LogP contribution >= 0.6 is 11.3 Å². The summed E-state index contributed by atoms with van der Waals surface area (Å²) < 4.78 is 2.65. The summed E-state index contributed by atoms with van der Waals surface area (Å²) in [5, 5.41) is 5.14. The molecule has 12 aromatic rings. The first kappa shape index (κ1) is 38.0. The molecule has 11 aromatic carbocycles. The highest BCUT2D eigenvalue weighted by Crippen LogP contribution is 2.64. The van der Waals surface area contributed by atoms with Crippen molar-refractivity contribution in [3.8, 4) is 55.6 Å². The lowest BCUT2D eigenvalue weighted by molar-refractivity contribution is 0.794. The van der Waals surface area contributed by atoms with Gasteiger partial charge in [0.25, 0.3) is 0 Å². The second kappa shape index (κ2) is 14.9. The predicted octanol–water partition coefficient (Wildman–Crippen LogP) is 18.0. The molecule has 1 unspecified atom stereocenters. The van der Waals surface area contributed by atoms with E-state index in [2.05, 4.69) is 254 Å². The first-order chi connectivity index (χ1) is 33.2. The molecule has 0 saturated heterocycles. The average molecular weight is 868 g/mol. The van der Waals surface area contributed by atoms with Crippen LogP contribution < -0.4 is 4.90 Å². The fourth-order valence-corrected chi connectivity index (χ4v) is 12.8. The van der Waals surface area contributed by atoms with Crippen LogP contribution in [0.3, 0.4) is 0 Å². The Balaban J connectivity index is 0.968. The molecule has 0 aliphatic heterocycles. The van der Waals surface area contributed by atoms with Crippen LogP contribution in [0.2, 0.25) is 0 Å². The van der Waals surface area contributed by atoms with Gasteiger partial charge in [0.05, 0.1) is 5.41 Å². The van der Waals surface area contributed by atoms with Gasteiger partial charge in [0.1, 0.15) is 0 Å². The molecule has 2 aliphatic carbocycles. The van der Waals surface area contributed by atoms with E-state index in [9.17, 15) is 0 Å². The van der Waals surface area contributed by atoms with Crippen molar-refractivity contribution in [3.05, 3.63) is 271 Å². The molecule has 0 fully saturated rings. The number of hydrogen-bond acceptors (Lipinski definition) is 2. The van der Waals surface area contributed by atoms with E-state index in [4.69, 9.17) is 0 Å². The average Bonchev–Trinajstić information content (AvgIpc) is 4.03. The van der Waals surface area contributed by atoms with E-state index >= 15 is 0 Å². The van der Waals surface area contributed by atoms with Crippen molar-refractivity contribution in [3.63, 3.8) is 0 Å². The highest BCUT2D eigenvalue weighted by molar-refractivity contribution is 7.26. The Bertz CT molecular complexity index is 3900. The molecule has 1 spiro atoms.